The molecule has 0 atom stereocenters. The Kier molecular flexibility index (Phi) is 5.01. The first-order chi connectivity index (χ1) is 9.79. The zero-order chi connectivity index (χ0) is 14.2. The molecule has 104 valence electrons. The van der Waals surface area contributed by atoms with Gasteiger partial charge in [0, 0.05) is 36.9 Å². The summed E-state index contributed by atoms with van der Waals surface area (Å²) in [6.07, 6.45) is 8.13. The third kappa shape index (κ3) is 4.02. The van der Waals surface area contributed by atoms with Crippen LogP contribution in [0.15, 0.2) is 36.9 Å². The van der Waals surface area contributed by atoms with Crippen LogP contribution in [-0.2, 0) is 13.0 Å². The molecule has 0 amide bonds. The number of anilines is 2. The van der Waals surface area contributed by atoms with E-state index in [1.54, 1.807) is 6.20 Å². The quantitative estimate of drug-likeness (QED) is 0.597. The third-order valence-electron chi connectivity index (χ3n) is 3.14. The zero-order valence-corrected chi connectivity index (χ0v) is 11.4. The molecule has 0 unspecified atom stereocenters. The standard InChI is InChI=1S/C15H19N5/c16-6-5-13-11-14(3-4-15(13)17)19-7-1-2-9-20-10-8-18-12-20/h3-4,8,10-12,19H,1-2,5,7,9,17H2. The molecule has 0 spiro atoms. The fourth-order valence-corrected chi connectivity index (χ4v) is 2.03. The fourth-order valence-electron chi connectivity index (χ4n) is 2.03. The average Bonchev–Trinajstić information content (AvgIpc) is 2.95. The molecule has 0 aliphatic carbocycles. The summed E-state index contributed by atoms with van der Waals surface area (Å²) < 4.78 is 2.08. The number of unbranched alkanes of at least 4 members (excludes halogenated alkanes) is 1. The first-order valence-electron chi connectivity index (χ1n) is 6.74. The Labute approximate surface area is 119 Å². The van der Waals surface area contributed by atoms with Crippen LogP contribution >= 0.6 is 0 Å². The number of nitrogens with two attached hydrogens (primary N) is 1. The van der Waals surface area contributed by atoms with Gasteiger partial charge >= 0.3 is 0 Å². The average molecular weight is 269 g/mol. The predicted molar refractivity (Wildman–Crippen MR) is 80.1 cm³/mol. The molecule has 0 saturated heterocycles. The van der Waals surface area contributed by atoms with Gasteiger partial charge in [0.15, 0.2) is 0 Å². The van der Waals surface area contributed by atoms with Crippen LogP contribution in [-0.4, -0.2) is 16.1 Å². The van der Waals surface area contributed by atoms with E-state index in [0.717, 1.165) is 37.2 Å². The van der Waals surface area contributed by atoms with Gasteiger partial charge < -0.3 is 15.6 Å². The van der Waals surface area contributed by atoms with E-state index in [1.807, 2.05) is 30.7 Å². The number of nitrogen functional groups attached to an aromatic ring is 1. The van der Waals surface area contributed by atoms with Crippen LogP contribution in [0.2, 0.25) is 0 Å². The molecule has 0 aliphatic heterocycles. The Morgan fingerprint density at radius 3 is 3.00 bits per heavy atom. The summed E-state index contributed by atoms with van der Waals surface area (Å²) in [5.41, 5.74) is 8.40. The van der Waals surface area contributed by atoms with Crippen molar-refractivity contribution in [3.8, 4) is 6.07 Å². The Bertz CT molecular complexity index is 568. The van der Waals surface area contributed by atoms with Gasteiger partial charge in [-0.3, -0.25) is 0 Å². The van der Waals surface area contributed by atoms with Gasteiger partial charge in [0.05, 0.1) is 18.8 Å². The van der Waals surface area contributed by atoms with Crippen LogP contribution in [0.3, 0.4) is 0 Å². The number of nitrogens with one attached hydrogen (secondary N) is 1. The number of nitrogens with zero attached hydrogens (tertiary/aromatic N) is 3. The Balaban J connectivity index is 1.74. The third-order valence-corrected chi connectivity index (χ3v) is 3.14. The van der Waals surface area contributed by atoms with Gasteiger partial charge in [0.25, 0.3) is 0 Å². The molecule has 1 heterocycles. The second kappa shape index (κ2) is 7.19. The highest BCUT2D eigenvalue weighted by Crippen LogP contribution is 2.18. The topological polar surface area (TPSA) is 79.7 Å². The van der Waals surface area contributed by atoms with Gasteiger partial charge in [-0.2, -0.15) is 5.26 Å². The number of rotatable bonds is 7. The normalized spacial score (nSPS) is 10.2. The number of aromatic nitrogens is 2. The summed E-state index contributed by atoms with van der Waals surface area (Å²) in [6.45, 7) is 1.90. The highest BCUT2D eigenvalue weighted by Gasteiger charge is 2.00. The molecule has 5 nitrogen and oxygen atoms in total. The van der Waals surface area contributed by atoms with Gasteiger partial charge in [0.2, 0.25) is 0 Å². The number of hydrogen-bond donors (Lipinski definition) is 2. The van der Waals surface area contributed by atoms with Crippen molar-refractivity contribution >= 4 is 11.4 Å². The highest BCUT2D eigenvalue weighted by atomic mass is 15.0. The molecule has 0 fully saturated rings. The molecular weight excluding hydrogens is 250 g/mol. The van der Waals surface area contributed by atoms with E-state index in [0.29, 0.717) is 12.1 Å². The van der Waals surface area contributed by atoms with E-state index in [4.69, 9.17) is 11.0 Å². The van der Waals surface area contributed by atoms with Crippen LogP contribution in [0, 0.1) is 11.3 Å². The number of nitriles is 1. The summed E-state index contributed by atoms with van der Waals surface area (Å²) in [4.78, 5) is 4.01. The van der Waals surface area contributed by atoms with Crippen molar-refractivity contribution in [2.45, 2.75) is 25.8 Å². The van der Waals surface area contributed by atoms with Gasteiger partial charge in [-0.05, 0) is 36.6 Å². The molecular formula is C15H19N5. The van der Waals surface area contributed by atoms with Gasteiger partial charge in [-0.1, -0.05) is 0 Å². The minimum atomic E-state index is 0.349. The van der Waals surface area contributed by atoms with Gasteiger partial charge in [0.1, 0.15) is 0 Å². The lowest BCUT2D eigenvalue weighted by Crippen LogP contribution is -2.04. The second-order valence-corrected chi connectivity index (χ2v) is 4.68. The Morgan fingerprint density at radius 1 is 1.35 bits per heavy atom. The Morgan fingerprint density at radius 2 is 2.25 bits per heavy atom. The molecule has 0 radical (unpaired) electrons. The maximum absolute atomic E-state index is 8.74. The van der Waals surface area contributed by atoms with E-state index in [-0.39, 0.29) is 0 Å². The molecule has 20 heavy (non-hydrogen) atoms. The molecule has 0 saturated carbocycles. The lowest BCUT2D eigenvalue weighted by atomic mass is 10.1. The first kappa shape index (κ1) is 13.9. The monoisotopic (exact) mass is 269 g/mol. The van der Waals surface area contributed by atoms with E-state index >= 15 is 0 Å². The van der Waals surface area contributed by atoms with Crippen LogP contribution in [0.5, 0.6) is 0 Å². The maximum atomic E-state index is 8.74. The minimum absolute atomic E-state index is 0.349. The molecule has 3 N–H and O–H groups in total. The van der Waals surface area contributed by atoms with E-state index < -0.39 is 0 Å². The molecule has 1 aromatic heterocycles. The summed E-state index contributed by atoms with van der Waals surface area (Å²) >= 11 is 0. The smallest absolute Gasteiger partial charge is 0.0945 e. The first-order valence-corrected chi connectivity index (χ1v) is 6.74. The van der Waals surface area contributed by atoms with Crippen molar-refractivity contribution < 1.29 is 0 Å². The van der Waals surface area contributed by atoms with E-state index in [9.17, 15) is 0 Å². The molecule has 0 bridgehead atoms. The van der Waals surface area contributed by atoms with E-state index in [1.165, 1.54) is 0 Å². The second-order valence-electron chi connectivity index (χ2n) is 4.68. The maximum Gasteiger partial charge on any atom is 0.0945 e. The minimum Gasteiger partial charge on any atom is -0.398 e. The molecule has 5 heteroatoms. The number of aryl methyl sites for hydroxylation is 1. The zero-order valence-electron chi connectivity index (χ0n) is 11.4. The van der Waals surface area contributed by atoms with E-state index in [2.05, 4.69) is 20.9 Å². The van der Waals surface area contributed by atoms with Crippen molar-refractivity contribution in [3.05, 3.63) is 42.5 Å². The summed E-state index contributed by atoms with van der Waals surface area (Å²) in [5, 5.41) is 12.1. The van der Waals surface area contributed by atoms with Crippen molar-refractivity contribution in [1.29, 1.82) is 5.26 Å². The SMILES string of the molecule is N#CCc1cc(NCCCCn2ccnc2)ccc1N. The van der Waals surface area contributed by atoms with Crippen molar-refractivity contribution in [3.63, 3.8) is 0 Å². The van der Waals surface area contributed by atoms with Crippen molar-refractivity contribution in [2.24, 2.45) is 0 Å². The number of imidazole rings is 1. The van der Waals surface area contributed by atoms with Crippen LogP contribution in [0.1, 0.15) is 18.4 Å². The fraction of sp³-hybridized carbons (Fsp3) is 0.333. The van der Waals surface area contributed by atoms with Crippen molar-refractivity contribution in [2.75, 3.05) is 17.6 Å². The molecule has 0 aliphatic rings. The summed E-state index contributed by atoms with van der Waals surface area (Å²) in [7, 11) is 0. The number of benzene rings is 1. The summed E-state index contributed by atoms with van der Waals surface area (Å²) in [5.74, 6) is 0. The molecule has 2 aromatic rings. The Hall–Kier alpha value is -2.48. The van der Waals surface area contributed by atoms with Crippen LogP contribution in [0.25, 0.3) is 0 Å². The number of hydrogen-bond acceptors (Lipinski definition) is 4. The van der Waals surface area contributed by atoms with Crippen molar-refractivity contribution in [1.82, 2.24) is 9.55 Å². The lowest BCUT2D eigenvalue weighted by molar-refractivity contribution is 0.621. The molecule has 1 aromatic carbocycles. The lowest BCUT2D eigenvalue weighted by Gasteiger charge is -2.09. The molecule has 2 rings (SSSR count). The summed E-state index contributed by atoms with van der Waals surface area (Å²) in [6, 6.07) is 7.88. The van der Waals surface area contributed by atoms with Gasteiger partial charge in [-0.15, -0.1) is 0 Å². The van der Waals surface area contributed by atoms with Crippen LogP contribution in [0.4, 0.5) is 11.4 Å². The highest BCUT2D eigenvalue weighted by molar-refractivity contribution is 5.57. The van der Waals surface area contributed by atoms with Gasteiger partial charge in [-0.25, -0.2) is 4.98 Å². The van der Waals surface area contributed by atoms with Crippen LogP contribution < -0.4 is 11.1 Å². The largest absolute Gasteiger partial charge is 0.398 e. The predicted octanol–water partition coefficient (Wildman–Crippen LogP) is 2.42.